The molecule has 16 rings (SSSR count). The molecule has 14 aromatic carbocycles. The molecule has 0 aliphatic heterocycles. The molecule has 0 N–H and O–H groups in total. The minimum atomic E-state index is -0.609. The summed E-state index contributed by atoms with van der Waals surface area (Å²) in [6.45, 7) is 0. The van der Waals surface area contributed by atoms with Gasteiger partial charge in [0.05, 0.1) is 10.8 Å². The standard InChI is InChI=1S/C82H54/c1-5-27-69(28-6-1)81(70-29-7-2-8-30-70)77-51-65(61-25-17-23-59(49-61)63-37-35-55-19-13-15-21-57(55)47-63)39-43-73(77)75-45-41-67(53-79(75)81)68-42-46-76-74-44-40-66(62-26-18-24-60(50-62)64-38-36-56-20-14-16-22-58(56)48-64)52-78(74)82(80(76)54-68,71-31-9-3-10-32-71)72-33-11-4-12-34-72/h1-54H. The monoisotopic (exact) mass is 1040 g/mol. The Kier molecular flexibility index (Phi) is 11.1. The zero-order valence-corrected chi connectivity index (χ0v) is 45.2. The zero-order chi connectivity index (χ0) is 54.2. The van der Waals surface area contributed by atoms with Gasteiger partial charge in [-0.05, 0) is 192 Å². The molecular formula is C82H54. The molecule has 0 fully saturated rings. The Morgan fingerprint density at radius 3 is 0.671 bits per heavy atom. The highest BCUT2D eigenvalue weighted by Gasteiger charge is 2.48. The molecule has 0 saturated heterocycles. The molecule has 0 bridgehead atoms. The van der Waals surface area contributed by atoms with Crippen LogP contribution in [0, 0.1) is 0 Å². The third-order valence-electron chi connectivity index (χ3n) is 18.0. The summed E-state index contributed by atoms with van der Waals surface area (Å²) in [4.78, 5) is 0. The number of rotatable bonds is 9. The van der Waals surface area contributed by atoms with Gasteiger partial charge in [0.1, 0.15) is 0 Å². The maximum absolute atomic E-state index is 2.52. The van der Waals surface area contributed by atoms with Gasteiger partial charge in [-0.25, -0.2) is 0 Å². The largest absolute Gasteiger partial charge is 0.0713 e. The molecule has 0 atom stereocenters. The summed E-state index contributed by atoms with van der Waals surface area (Å²) in [5, 5.41) is 5.00. The fourth-order valence-electron chi connectivity index (χ4n) is 14.2. The average molecular weight is 1040 g/mol. The van der Waals surface area contributed by atoms with E-state index < -0.39 is 10.8 Å². The van der Waals surface area contributed by atoms with Crippen molar-refractivity contribution in [1.82, 2.24) is 0 Å². The quantitative estimate of drug-likeness (QED) is 0.135. The molecule has 0 aromatic heterocycles. The molecule has 0 spiro atoms. The fraction of sp³-hybridized carbons (Fsp3) is 0.0244. The number of hydrogen-bond acceptors (Lipinski definition) is 0. The van der Waals surface area contributed by atoms with E-state index in [0.717, 1.165) is 0 Å². The minimum absolute atomic E-state index is 0.609. The zero-order valence-electron chi connectivity index (χ0n) is 45.2. The van der Waals surface area contributed by atoms with Crippen LogP contribution in [0.25, 0.3) is 99.4 Å². The van der Waals surface area contributed by atoms with E-state index in [2.05, 4.69) is 328 Å². The van der Waals surface area contributed by atoms with Crippen LogP contribution >= 0.6 is 0 Å². The second-order valence-corrected chi connectivity index (χ2v) is 22.3. The molecule has 0 radical (unpaired) electrons. The predicted molar refractivity (Wildman–Crippen MR) is 343 cm³/mol. The van der Waals surface area contributed by atoms with E-state index in [-0.39, 0.29) is 0 Å². The number of fused-ring (bicyclic) bond motifs is 8. The lowest BCUT2D eigenvalue weighted by molar-refractivity contribution is 0.768. The molecule has 0 unspecified atom stereocenters. The first-order valence-electron chi connectivity index (χ1n) is 28.6. The van der Waals surface area contributed by atoms with Gasteiger partial charge in [-0.1, -0.05) is 279 Å². The van der Waals surface area contributed by atoms with Crippen molar-refractivity contribution in [2.75, 3.05) is 0 Å². The number of hydrogen-bond donors (Lipinski definition) is 0. The lowest BCUT2D eigenvalue weighted by Crippen LogP contribution is -2.29. The van der Waals surface area contributed by atoms with E-state index in [9.17, 15) is 0 Å². The predicted octanol–water partition coefficient (Wildman–Crippen LogP) is 21.1. The van der Waals surface area contributed by atoms with Gasteiger partial charge in [0.25, 0.3) is 0 Å². The SMILES string of the molecule is c1ccc(C2(c3ccccc3)c3cc(-c4cccc(-c5ccc6ccccc6c5)c4)ccc3-c3ccc(-c4ccc5c(c4)C(c4ccccc4)(c4ccccc4)c4cc(-c6cccc(-c7ccc8ccccc8c7)c6)ccc4-5)cc32)cc1. The van der Waals surface area contributed by atoms with Gasteiger partial charge in [-0.2, -0.15) is 0 Å². The molecule has 14 aromatic rings. The van der Waals surface area contributed by atoms with E-state index in [0.29, 0.717) is 0 Å². The van der Waals surface area contributed by atoms with Crippen LogP contribution in [-0.4, -0.2) is 0 Å². The van der Waals surface area contributed by atoms with Crippen LogP contribution in [0.15, 0.2) is 328 Å². The van der Waals surface area contributed by atoms with E-state index >= 15 is 0 Å². The Bertz CT molecular complexity index is 4390. The van der Waals surface area contributed by atoms with Gasteiger partial charge < -0.3 is 0 Å². The van der Waals surface area contributed by atoms with Crippen LogP contribution in [0.5, 0.6) is 0 Å². The molecule has 0 heteroatoms. The van der Waals surface area contributed by atoms with Crippen molar-refractivity contribution in [3.8, 4) is 77.9 Å². The van der Waals surface area contributed by atoms with Gasteiger partial charge >= 0.3 is 0 Å². The van der Waals surface area contributed by atoms with Crippen LogP contribution in [0.1, 0.15) is 44.5 Å². The molecular weight excluding hydrogens is 985 g/mol. The lowest BCUT2D eigenvalue weighted by atomic mass is 9.66. The molecule has 2 aliphatic rings. The second-order valence-electron chi connectivity index (χ2n) is 22.3. The highest BCUT2D eigenvalue weighted by atomic mass is 14.5. The number of benzene rings is 14. The van der Waals surface area contributed by atoms with Crippen molar-refractivity contribution in [3.05, 3.63) is 372 Å². The normalized spacial score (nSPS) is 13.3. The molecule has 0 nitrogen and oxygen atoms in total. The summed E-state index contributed by atoms with van der Waals surface area (Å²) < 4.78 is 0. The van der Waals surface area contributed by atoms with Crippen molar-refractivity contribution < 1.29 is 0 Å². The molecule has 2 aliphatic carbocycles. The van der Waals surface area contributed by atoms with Crippen molar-refractivity contribution in [2.45, 2.75) is 10.8 Å². The van der Waals surface area contributed by atoms with Crippen molar-refractivity contribution in [2.24, 2.45) is 0 Å². The molecule has 0 saturated carbocycles. The Balaban J connectivity index is 0.860. The first-order valence-corrected chi connectivity index (χ1v) is 28.6. The summed E-state index contributed by atoms with van der Waals surface area (Å²) >= 11 is 0. The van der Waals surface area contributed by atoms with Crippen LogP contribution in [-0.2, 0) is 10.8 Å². The Labute approximate surface area is 479 Å². The topological polar surface area (TPSA) is 0 Å². The molecule has 382 valence electrons. The maximum atomic E-state index is 2.52. The van der Waals surface area contributed by atoms with Crippen LogP contribution < -0.4 is 0 Å². The lowest BCUT2D eigenvalue weighted by Gasteiger charge is -2.35. The van der Waals surface area contributed by atoms with Crippen molar-refractivity contribution in [3.63, 3.8) is 0 Å². The van der Waals surface area contributed by atoms with E-state index in [1.165, 1.54) is 144 Å². The third-order valence-corrected chi connectivity index (χ3v) is 18.0. The van der Waals surface area contributed by atoms with Gasteiger partial charge in [0.2, 0.25) is 0 Å². The first kappa shape index (κ1) is 47.6. The van der Waals surface area contributed by atoms with E-state index in [1.54, 1.807) is 0 Å². The molecule has 0 heterocycles. The molecule has 0 amide bonds. The summed E-state index contributed by atoms with van der Waals surface area (Å²) in [6.07, 6.45) is 0. The second kappa shape index (κ2) is 19.2. The van der Waals surface area contributed by atoms with Gasteiger partial charge in [-0.3, -0.25) is 0 Å². The van der Waals surface area contributed by atoms with Crippen LogP contribution in [0.4, 0.5) is 0 Å². The first-order chi connectivity index (χ1) is 40.6. The van der Waals surface area contributed by atoms with Gasteiger partial charge in [-0.15, -0.1) is 0 Å². The van der Waals surface area contributed by atoms with Crippen LogP contribution in [0.2, 0.25) is 0 Å². The highest BCUT2D eigenvalue weighted by molar-refractivity contribution is 5.95. The Hall–Kier alpha value is -10.4. The highest BCUT2D eigenvalue weighted by Crippen LogP contribution is 2.60. The molecule has 82 heavy (non-hydrogen) atoms. The summed E-state index contributed by atoms with van der Waals surface area (Å²) in [5.41, 5.74) is 26.0. The summed E-state index contributed by atoms with van der Waals surface area (Å²) in [6, 6.07) is 123. The Morgan fingerprint density at radius 1 is 0.146 bits per heavy atom. The van der Waals surface area contributed by atoms with Gasteiger partial charge in [0, 0.05) is 0 Å². The van der Waals surface area contributed by atoms with Crippen molar-refractivity contribution in [1.29, 1.82) is 0 Å². The van der Waals surface area contributed by atoms with E-state index in [1.807, 2.05) is 0 Å². The Morgan fingerprint density at radius 2 is 0.378 bits per heavy atom. The van der Waals surface area contributed by atoms with E-state index in [4.69, 9.17) is 0 Å². The van der Waals surface area contributed by atoms with Gasteiger partial charge in [0.15, 0.2) is 0 Å². The van der Waals surface area contributed by atoms with Crippen molar-refractivity contribution >= 4 is 21.5 Å². The fourth-order valence-corrected chi connectivity index (χ4v) is 14.2. The summed E-state index contributed by atoms with van der Waals surface area (Å²) in [5.74, 6) is 0. The average Bonchev–Trinajstić information content (AvgIpc) is 2.87. The summed E-state index contributed by atoms with van der Waals surface area (Å²) in [7, 11) is 0. The van der Waals surface area contributed by atoms with Crippen LogP contribution in [0.3, 0.4) is 0 Å². The smallest absolute Gasteiger partial charge is 0.0622 e. The maximum Gasteiger partial charge on any atom is 0.0713 e. The minimum Gasteiger partial charge on any atom is -0.0622 e. The third kappa shape index (κ3) is 7.46.